The molecular weight excluding hydrogens is 332 g/mol. The number of anilines is 1. The van der Waals surface area contributed by atoms with Crippen molar-refractivity contribution in [1.82, 2.24) is 4.90 Å². The molecule has 5 heteroatoms. The summed E-state index contributed by atoms with van der Waals surface area (Å²) < 4.78 is 0. The van der Waals surface area contributed by atoms with Gasteiger partial charge in [0, 0.05) is 17.6 Å². The van der Waals surface area contributed by atoms with E-state index in [0.29, 0.717) is 5.75 Å². The standard InChI is InChI=1S/C20H24N2O2S/c1-14-6-9-17(10-7-14)21-19(23)12-22(4)20(24)13-25-18-11-15(2)5-8-16(18)3/h5-11H,12-13H2,1-4H3,(H,21,23). The molecular formula is C20H24N2O2S. The minimum absolute atomic E-state index is 0.0417. The van der Waals surface area contributed by atoms with E-state index < -0.39 is 0 Å². The van der Waals surface area contributed by atoms with Gasteiger partial charge in [-0.25, -0.2) is 0 Å². The number of hydrogen-bond acceptors (Lipinski definition) is 3. The lowest BCUT2D eigenvalue weighted by Gasteiger charge is -2.17. The van der Waals surface area contributed by atoms with Crippen molar-refractivity contribution in [2.75, 3.05) is 24.7 Å². The van der Waals surface area contributed by atoms with Crippen molar-refractivity contribution in [3.63, 3.8) is 0 Å². The van der Waals surface area contributed by atoms with Gasteiger partial charge in [0.2, 0.25) is 11.8 Å². The predicted molar refractivity (Wildman–Crippen MR) is 104 cm³/mol. The molecule has 0 unspecified atom stereocenters. The first-order valence-electron chi connectivity index (χ1n) is 8.15. The molecule has 0 bridgehead atoms. The number of amides is 2. The first-order chi connectivity index (χ1) is 11.8. The molecule has 0 aromatic heterocycles. The van der Waals surface area contributed by atoms with Gasteiger partial charge in [-0.05, 0) is 44.5 Å². The van der Waals surface area contributed by atoms with E-state index in [2.05, 4.69) is 23.5 Å². The van der Waals surface area contributed by atoms with Crippen LogP contribution in [0.3, 0.4) is 0 Å². The van der Waals surface area contributed by atoms with Crippen LogP contribution in [-0.2, 0) is 9.59 Å². The molecule has 132 valence electrons. The highest BCUT2D eigenvalue weighted by Gasteiger charge is 2.14. The SMILES string of the molecule is Cc1ccc(NC(=O)CN(C)C(=O)CSc2cc(C)ccc2C)cc1. The molecule has 0 aliphatic carbocycles. The van der Waals surface area contributed by atoms with Crippen LogP contribution in [0, 0.1) is 20.8 Å². The molecule has 25 heavy (non-hydrogen) atoms. The number of nitrogens with one attached hydrogen (secondary N) is 1. The zero-order valence-corrected chi connectivity index (χ0v) is 15.9. The van der Waals surface area contributed by atoms with Gasteiger partial charge in [0.15, 0.2) is 0 Å². The number of likely N-dealkylation sites (N-methyl/N-ethyl adjacent to an activating group) is 1. The Balaban J connectivity index is 1.84. The highest BCUT2D eigenvalue weighted by Crippen LogP contribution is 2.23. The number of thioether (sulfide) groups is 1. The number of carbonyl (C=O) groups is 2. The minimum Gasteiger partial charge on any atom is -0.336 e. The Morgan fingerprint density at radius 2 is 1.64 bits per heavy atom. The maximum atomic E-state index is 12.3. The lowest BCUT2D eigenvalue weighted by molar-refractivity contribution is -0.131. The van der Waals surface area contributed by atoms with E-state index in [1.54, 1.807) is 7.05 Å². The summed E-state index contributed by atoms with van der Waals surface area (Å²) in [5.74, 6) is 0.0555. The number of benzene rings is 2. The van der Waals surface area contributed by atoms with Gasteiger partial charge in [-0.15, -0.1) is 11.8 Å². The molecule has 0 saturated heterocycles. The number of rotatable bonds is 6. The van der Waals surface area contributed by atoms with E-state index in [9.17, 15) is 9.59 Å². The summed E-state index contributed by atoms with van der Waals surface area (Å²) >= 11 is 1.51. The third-order valence-corrected chi connectivity index (χ3v) is 4.98. The normalized spacial score (nSPS) is 10.4. The third-order valence-electron chi connectivity index (χ3n) is 3.84. The van der Waals surface area contributed by atoms with Crippen molar-refractivity contribution in [3.8, 4) is 0 Å². The van der Waals surface area contributed by atoms with Crippen LogP contribution in [0.2, 0.25) is 0 Å². The predicted octanol–water partition coefficient (Wildman–Crippen LogP) is 3.80. The van der Waals surface area contributed by atoms with E-state index in [-0.39, 0.29) is 18.4 Å². The maximum Gasteiger partial charge on any atom is 0.243 e. The van der Waals surface area contributed by atoms with Crippen LogP contribution in [-0.4, -0.2) is 36.1 Å². The molecule has 2 aromatic carbocycles. The molecule has 4 nitrogen and oxygen atoms in total. The molecule has 0 atom stereocenters. The summed E-state index contributed by atoms with van der Waals surface area (Å²) in [6.07, 6.45) is 0. The molecule has 0 saturated carbocycles. The van der Waals surface area contributed by atoms with E-state index in [1.807, 2.05) is 45.0 Å². The third kappa shape index (κ3) is 5.94. The van der Waals surface area contributed by atoms with E-state index in [1.165, 1.54) is 22.2 Å². The van der Waals surface area contributed by atoms with Gasteiger partial charge in [-0.1, -0.05) is 35.4 Å². The van der Waals surface area contributed by atoms with Gasteiger partial charge in [-0.3, -0.25) is 9.59 Å². The lowest BCUT2D eigenvalue weighted by Crippen LogP contribution is -2.35. The van der Waals surface area contributed by atoms with Crippen molar-refractivity contribution in [2.45, 2.75) is 25.7 Å². The van der Waals surface area contributed by atoms with Crippen LogP contribution < -0.4 is 5.32 Å². The Bertz CT molecular complexity index is 757. The lowest BCUT2D eigenvalue weighted by atomic mass is 10.2. The van der Waals surface area contributed by atoms with Gasteiger partial charge in [0.05, 0.1) is 12.3 Å². The largest absolute Gasteiger partial charge is 0.336 e. The number of nitrogens with zero attached hydrogens (tertiary/aromatic N) is 1. The second-order valence-corrected chi connectivity index (χ2v) is 7.24. The van der Waals surface area contributed by atoms with E-state index in [4.69, 9.17) is 0 Å². The number of aryl methyl sites for hydroxylation is 3. The van der Waals surface area contributed by atoms with Crippen LogP contribution in [0.15, 0.2) is 47.4 Å². The van der Waals surface area contributed by atoms with Crippen LogP contribution in [0.4, 0.5) is 5.69 Å². The van der Waals surface area contributed by atoms with Crippen molar-refractivity contribution in [1.29, 1.82) is 0 Å². The molecule has 0 aliphatic rings. The summed E-state index contributed by atoms with van der Waals surface area (Å²) in [5.41, 5.74) is 4.20. The molecule has 0 aliphatic heterocycles. The molecule has 0 radical (unpaired) electrons. The van der Waals surface area contributed by atoms with Crippen LogP contribution >= 0.6 is 11.8 Å². The number of hydrogen-bond donors (Lipinski definition) is 1. The van der Waals surface area contributed by atoms with Gasteiger partial charge < -0.3 is 10.2 Å². The summed E-state index contributed by atoms with van der Waals surface area (Å²) in [5, 5.41) is 2.81. The quantitative estimate of drug-likeness (QED) is 0.801. The fraction of sp³-hybridized carbons (Fsp3) is 0.300. The fourth-order valence-corrected chi connectivity index (χ4v) is 3.32. The Hall–Kier alpha value is -2.27. The molecule has 0 heterocycles. The zero-order chi connectivity index (χ0) is 18.4. The topological polar surface area (TPSA) is 49.4 Å². The van der Waals surface area contributed by atoms with Crippen molar-refractivity contribution >= 4 is 29.3 Å². The Kier molecular flexibility index (Phi) is 6.65. The highest BCUT2D eigenvalue weighted by molar-refractivity contribution is 8.00. The summed E-state index contributed by atoms with van der Waals surface area (Å²) in [7, 11) is 1.65. The first-order valence-corrected chi connectivity index (χ1v) is 9.14. The molecule has 0 fully saturated rings. The summed E-state index contributed by atoms with van der Waals surface area (Å²) in [4.78, 5) is 26.9. The smallest absolute Gasteiger partial charge is 0.243 e. The van der Waals surface area contributed by atoms with Crippen LogP contribution in [0.25, 0.3) is 0 Å². The van der Waals surface area contributed by atoms with Gasteiger partial charge >= 0.3 is 0 Å². The summed E-state index contributed by atoms with van der Waals surface area (Å²) in [6.45, 7) is 6.10. The second-order valence-electron chi connectivity index (χ2n) is 6.22. The maximum absolute atomic E-state index is 12.3. The fourth-order valence-electron chi connectivity index (χ4n) is 2.25. The summed E-state index contributed by atoms with van der Waals surface area (Å²) in [6, 6.07) is 13.8. The average Bonchev–Trinajstić information content (AvgIpc) is 2.57. The van der Waals surface area contributed by atoms with Crippen molar-refractivity contribution in [3.05, 3.63) is 59.2 Å². The Morgan fingerprint density at radius 3 is 2.32 bits per heavy atom. The first kappa shape index (κ1) is 19.1. The second kappa shape index (κ2) is 8.72. The minimum atomic E-state index is -0.198. The number of carbonyl (C=O) groups excluding carboxylic acids is 2. The molecule has 2 amide bonds. The van der Waals surface area contributed by atoms with Crippen molar-refractivity contribution in [2.24, 2.45) is 0 Å². The zero-order valence-electron chi connectivity index (χ0n) is 15.1. The Labute approximate surface area is 153 Å². The monoisotopic (exact) mass is 356 g/mol. The van der Waals surface area contributed by atoms with E-state index in [0.717, 1.165) is 21.7 Å². The molecule has 2 aromatic rings. The van der Waals surface area contributed by atoms with Crippen molar-refractivity contribution < 1.29 is 9.59 Å². The molecule has 1 N–H and O–H groups in total. The van der Waals surface area contributed by atoms with Crippen LogP contribution in [0.5, 0.6) is 0 Å². The van der Waals surface area contributed by atoms with Gasteiger partial charge in [0.25, 0.3) is 0 Å². The molecule has 0 spiro atoms. The van der Waals surface area contributed by atoms with Gasteiger partial charge in [0.1, 0.15) is 0 Å². The average molecular weight is 356 g/mol. The molecule has 2 rings (SSSR count). The van der Waals surface area contributed by atoms with Crippen LogP contribution in [0.1, 0.15) is 16.7 Å². The van der Waals surface area contributed by atoms with E-state index >= 15 is 0 Å². The Morgan fingerprint density at radius 1 is 1.00 bits per heavy atom. The highest BCUT2D eigenvalue weighted by atomic mass is 32.2. The van der Waals surface area contributed by atoms with Gasteiger partial charge in [-0.2, -0.15) is 0 Å².